The van der Waals surface area contributed by atoms with Gasteiger partial charge < -0.3 is 14.8 Å². The SMILES string of the molecule is CNC(COc1cccc(OC)c1)C1CCCCC1. The summed E-state index contributed by atoms with van der Waals surface area (Å²) >= 11 is 0. The Hall–Kier alpha value is -1.22. The maximum absolute atomic E-state index is 5.91. The molecule has 0 spiro atoms. The monoisotopic (exact) mass is 263 g/mol. The minimum Gasteiger partial charge on any atom is -0.497 e. The van der Waals surface area contributed by atoms with E-state index < -0.39 is 0 Å². The fraction of sp³-hybridized carbons (Fsp3) is 0.625. The summed E-state index contributed by atoms with van der Waals surface area (Å²) in [6, 6.07) is 8.27. The van der Waals surface area contributed by atoms with Crippen LogP contribution in [0.25, 0.3) is 0 Å². The first-order chi connectivity index (χ1) is 9.33. The molecule has 19 heavy (non-hydrogen) atoms. The van der Waals surface area contributed by atoms with Crippen molar-refractivity contribution in [3.05, 3.63) is 24.3 Å². The van der Waals surface area contributed by atoms with Gasteiger partial charge in [-0.05, 0) is 37.9 Å². The largest absolute Gasteiger partial charge is 0.497 e. The van der Waals surface area contributed by atoms with Crippen molar-refractivity contribution < 1.29 is 9.47 Å². The van der Waals surface area contributed by atoms with Crippen LogP contribution >= 0.6 is 0 Å². The summed E-state index contributed by atoms with van der Waals surface area (Å²) in [5, 5.41) is 3.41. The lowest BCUT2D eigenvalue weighted by Gasteiger charge is -2.29. The average molecular weight is 263 g/mol. The Bertz CT molecular complexity index is 375. The van der Waals surface area contributed by atoms with Crippen molar-refractivity contribution in [2.75, 3.05) is 20.8 Å². The first-order valence-corrected chi connectivity index (χ1v) is 7.27. The summed E-state index contributed by atoms with van der Waals surface area (Å²) in [5.74, 6) is 2.48. The minimum atomic E-state index is 0.450. The molecule has 3 heteroatoms. The molecule has 1 aromatic rings. The molecule has 1 N–H and O–H groups in total. The van der Waals surface area contributed by atoms with E-state index in [0.717, 1.165) is 24.0 Å². The highest BCUT2D eigenvalue weighted by atomic mass is 16.5. The number of ether oxygens (including phenoxy) is 2. The fourth-order valence-electron chi connectivity index (χ4n) is 2.87. The Labute approximate surface area is 116 Å². The number of benzene rings is 1. The first kappa shape index (κ1) is 14.2. The molecule has 0 amide bonds. The van der Waals surface area contributed by atoms with Gasteiger partial charge in [-0.2, -0.15) is 0 Å². The molecule has 0 saturated heterocycles. The summed E-state index contributed by atoms with van der Waals surface area (Å²) in [6.45, 7) is 0.730. The second kappa shape index (κ2) is 7.39. The highest BCUT2D eigenvalue weighted by molar-refractivity contribution is 5.32. The third kappa shape index (κ3) is 4.13. The second-order valence-corrected chi connectivity index (χ2v) is 5.28. The van der Waals surface area contributed by atoms with Crippen molar-refractivity contribution in [3.8, 4) is 11.5 Å². The zero-order chi connectivity index (χ0) is 13.5. The van der Waals surface area contributed by atoms with Gasteiger partial charge in [-0.25, -0.2) is 0 Å². The molecule has 1 atom stereocenters. The minimum absolute atomic E-state index is 0.450. The number of methoxy groups -OCH3 is 1. The van der Waals surface area contributed by atoms with Crippen molar-refractivity contribution in [2.24, 2.45) is 5.92 Å². The molecule has 2 rings (SSSR count). The molecule has 0 radical (unpaired) electrons. The smallest absolute Gasteiger partial charge is 0.123 e. The van der Waals surface area contributed by atoms with Crippen LogP contribution in [-0.4, -0.2) is 26.8 Å². The maximum Gasteiger partial charge on any atom is 0.123 e. The van der Waals surface area contributed by atoms with Crippen LogP contribution < -0.4 is 14.8 Å². The number of rotatable bonds is 6. The van der Waals surface area contributed by atoms with Gasteiger partial charge in [0.15, 0.2) is 0 Å². The molecule has 1 saturated carbocycles. The van der Waals surface area contributed by atoms with Gasteiger partial charge in [0.1, 0.15) is 18.1 Å². The Morgan fingerprint density at radius 3 is 2.63 bits per heavy atom. The van der Waals surface area contributed by atoms with E-state index in [1.54, 1.807) is 7.11 Å². The Morgan fingerprint density at radius 2 is 1.95 bits per heavy atom. The summed E-state index contributed by atoms with van der Waals surface area (Å²) in [6.07, 6.45) is 6.77. The molecule has 0 bridgehead atoms. The fourth-order valence-corrected chi connectivity index (χ4v) is 2.87. The van der Waals surface area contributed by atoms with E-state index in [1.165, 1.54) is 32.1 Å². The van der Waals surface area contributed by atoms with E-state index in [-0.39, 0.29) is 0 Å². The average Bonchev–Trinajstić information content (AvgIpc) is 2.49. The molecule has 0 heterocycles. The van der Waals surface area contributed by atoms with E-state index in [1.807, 2.05) is 31.3 Å². The van der Waals surface area contributed by atoms with E-state index >= 15 is 0 Å². The van der Waals surface area contributed by atoms with Gasteiger partial charge in [-0.1, -0.05) is 25.3 Å². The van der Waals surface area contributed by atoms with Crippen molar-refractivity contribution in [3.63, 3.8) is 0 Å². The third-order valence-corrected chi connectivity index (χ3v) is 4.06. The van der Waals surface area contributed by atoms with Crippen LogP contribution in [0.1, 0.15) is 32.1 Å². The second-order valence-electron chi connectivity index (χ2n) is 5.28. The van der Waals surface area contributed by atoms with Gasteiger partial charge >= 0.3 is 0 Å². The normalized spacial score (nSPS) is 18.0. The summed E-state index contributed by atoms with van der Waals surface area (Å²) in [7, 11) is 3.71. The number of likely N-dealkylation sites (N-methyl/N-ethyl adjacent to an activating group) is 1. The van der Waals surface area contributed by atoms with Crippen molar-refractivity contribution in [1.29, 1.82) is 0 Å². The number of nitrogens with one attached hydrogen (secondary N) is 1. The lowest BCUT2D eigenvalue weighted by molar-refractivity contribution is 0.192. The zero-order valence-electron chi connectivity index (χ0n) is 12.0. The van der Waals surface area contributed by atoms with Gasteiger partial charge in [0.05, 0.1) is 7.11 Å². The Kier molecular flexibility index (Phi) is 5.52. The lowest BCUT2D eigenvalue weighted by Crippen LogP contribution is -2.39. The maximum atomic E-state index is 5.91. The van der Waals surface area contributed by atoms with Crippen LogP contribution in [0.2, 0.25) is 0 Å². The molecule has 1 fully saturated rings. The summed E-state index contributed by atoms with van der Waals surface area (Å²) in [5.41, 5.74) is 0. The molecular formula is C16H25NO2. The van der Waals surface area contributed by atoms with Crippen LogP contribution in [0.15, 0.2) is 24.3 Å². The number of hydrogen-bond acceptors (Lipinski definition) is 3. The zero-order valence-corrected chi connectivity index (χ0v) is 12.0. The van der Waals surface area contributed by atoms with Gasteiger partial charge in [0.2, 0.25) is 0 Å². The molecule has 0 aromatic heterocycles. The van der Waals surface area contributed by atoms with Crippen molar-refractivity contribution in [2.45, 2.75) is 38.1 Å². The van der Waals surface area contributed by atoms with Crippen LogP contribution in [-0.2, 0) is 0 Å². The molecule has 1 aromatic carbocycles. The van der Waals surface area contributed by atoms with Crippen LogP contribution in [0.3, 0.4) is 0 Å². The van der Waals surface area contributed by atoms with Crippen molar-refractivity contribution >= 4 is 0 Å². The van der Waals surface area contributed by atoms with E-state index in [2.05, 4.69) is 5.32 Å². The van der Waals surface area contributed by atoms with E-state index in [9.17, 15) is 0 Å². The highest BCUT2D eigenvalue weighted by Crippen LogP contribution is 2.27. The van der Waals surface area contributed by atoms with Gasteiger partial charge in [0.25, 0.3) is 0 Å². The molecular weight excluding hydrogens is 238 g/mol. The molecule has 0 aliphatic heterocycles. The van der Waals surface area contributed by atoms with Crippen LogP contribution in [0, 0.1) is 5.92 Å². The van der Waals surface area contributed by atoms with Crippen molar-refractivity contribution in [1.82, 2.24) is 5.32 Å². The Morgan fingerprint density at radius 1 is 1.21 bits per heavy atom. The number of hydrogen-bond donors (Lipinski definition) is 1. The predicted octanol–water partition coefficient (Wildman–Crippen LogP) is 3.24. The topological polar surface area (TPSA) is 30.5 Å². The van der Waals surface area contributed by atoms with E-state index in [0.29, 0.717) is 6.04 Å². The van der Waals surface area contributed by atoms with Gasteiger partial charge in [-0.3, -0.25) is 0 Å². The standard InChI is InChI=1S/C16H25NO2/c1-17-16(13-7-4-3-5-8-13)12-19-15-10-6-9-14(11-15)18-2/h6,9-11,13,16-17H,3-5,7-8,12H2,1-2H3. The third-order valence-electron chi connectivity index (χ3n) is 4.06. The van der Waals surface area contributed by atoms with Gasteiger partial charge in [-0.15, -0.1) is 0 Å². The van der Waals surface area contributed by atoms with E-state index in [4.69, 9.17) is 9.47 Å². The van der Waals surface area contributed by atoms with Crippen LogP contribution in [0.4, 0.5) is 0 Å². The quantitative estimate of drug-likeness (QED) is 0.854. The summed E-state index contributed by atoms with van der Waals surface area (Å²) in [4.78, 5) is 0. The Balaban J connectivity index is 1.87. The predicted molar refractivity (Wildman–Crippen MR) is 77.9 cm³/mol. The lowest BCUT2D eigenvalue weighted by atomic mass is 9.84. The molecule has 106 valence electrons. The highest BCUT2D eigenvalue weighted by Gasteiger charge is 2.22. The van der Waals surface area contributed by atoms with Gasteiger partial charge in [0, 0.05) is 12.1 Å². The molecule has 1 aliphatic carbocycles. The summed E-state index contributed by atoms with van der Waals surface area (Å²) < 4.78 is 11.1. The molecule has 3 nitrogen and oxygen atoms in total. The first-order valence-electron chi connectivity index (χ1n) is 7.27. The molecule has 1 aliphatic rings. The molecule has 1 unspecified atom stereocenters. The van der Waals surface area contributed by atoms with Crippen LogP contribution in [0.5, 0.6) is 11.5 Å².